The van der Waals surface area contributed by atoms with E-state index in [1.54, 1.807) is 30.3 Å². The third-order valence-electron chi connectivity index (χ3n) is 5.82. The van der Waals surface area contributed by atoms with Crippen molar-refractivity contribution in [1.82, 2.24) is 19.5 Å². The van der Waals surface area contributed by atoms with Crippen molar-refractivity contribution < 1.29 is 32.5 Å². The minimum Gasteiger partial charge on any atom is -0.468 e. The van der Waals surface area contributed by atoms with Gasteiger partial charge in [0.25, 0.3) is 0 Å². The highest BCUT2D eigenvalue weighted by atomic mass is 35.5. The second-order valence-electron chi connectivity index (χ2n) is 8.36. The van der Waals surface area contributed by atoms with E-state index in [-0.39, 0.29) is 29.9 Å². The molecule has 1 saturated heterocycles. The number of rotatable bonds is 8. The zero-order chi connectivity index (χ0) is 24.8. The maximum Gasteiger partial charge on any atom is 0.414 e. The van der Waals surface area contributed by atoms with Crippen molar-refractivity contribution in [3.05, 3.63) is 36.7 Å². The summed E-state index contributed by atoms with van der Waals surface area (Å²) in [4.78, 5) is 9.14. The molecule has 4 atom stereocenters. The van der Waals surface area contributed by atoms with Crippen LogP contribution in [0.4, 0.5) is 24.9 Å². The molecule has 2 aliphatic rings. The van der Waals surface area contributed by atoms with Gasteiger partial charge in [0.15, 0.2) is 30.0 Å². The summed E-state index contributed by atoms with van der Waals surface area (Å²) < 4.78 is 60.0. The SMILES string of the molecule is Nc1nc(NC2CC2)c2ncn([C@@H]3O[C@H](COCOc4ccccc4)[C@@H](O)[C@]3(Cl)C(F)(F)F)c2n1. The van der Waals surface area contributed by atoms with E-state index < -0.39 is 36.1 Å². The summed E-state index contributed by atoms with van der Waals surface area (Å²) in [5.74, 6) is 0.654. The fourth-order valence-electron chi connectivity index (χ4n) is 3.88. The van der Waals surface area contributed by atoms with Crippen molar-refractivity contribution in [2.45, 2.75) is 48.4 Å². The fraction of sp³-hybridized carbons (Fsp3) is 0.476. The standard InChI is InChI=1S/C21H22ClF3N6O4/c22-20(21(23,24)25)15(32)13(8-33-10-34-12-4-2-1-3-5-12)35-18(20)31-9-27-14-16(28-11-6-7-11)29-19(26)30-17(14)31/h1-5,9,11,13,15,18,32H,6-8,10H2,(H3,26,28,29,30)/t13-,15-,18-,20-/m1/s1. The Morgan fingerprint density at radius 1 is 1.26 bits per heavy atom. The number of halogens is 4. The Morgan fingerprint density at radius 3 is 2.69 bits per heavy atom. The number of hydrogen-bond donors (Lipinski definition) is 3. The van der Waals surface area contributed by atoms with Gasteiger partial charge in [-0.25, -0.2) is 4.98 Å². The average Bonchev–Trinajstić information content (AvgIpc) is 3.47. The number of nitrogens with zero attached hydrogens (tertiary/aromatic N) is 4. The Morgan fingerprint density at radius 2 is 2.00 bits per heavy atom. The van der Waals surface area contributed by atoms with Gasteiger partial charge in [-0.1, -0.05) is 18.2 Å². The van der Waals surface area contributed by atoms with Crippen LogP contribution >= 0.6 is 11.6 Å². The molecule has 14 heteroatoms. The number of alkyl halides is 4. The minimum absolute atomic E-state index is 0.0129. The first kappa shape index (κ1) is 23.9. The van der Waals surface area contributed by atoms with Crippen LogP contribution < -0.4 is 15.8 Å². The topological polar surface area (TPSA) is 130 Å². The summed E-state index contributed by atoms with van der Waals surface area (Å²) in [6.07, 6.45) is -7.57. The maximum atomic E-state index is 14.2. The van der Waals surface area contributed by atoms with Crippen LogP contribution in [0.2, 0.25) is 0 Å². The lowest BCUT2D eigenvalue weighted by atomic mass is 9.98. The number of anilines is 2. The molecule has 188 valence electrons. The van der Waals surface area contributed by atoms with Crippen molar-refractivity contribution >= 4 is 34.5 Å². The molecule has 4 N–H and O–H groups in total. The van der Waals surface area contributed by atoms with Gasteiger partial charge in [0.1, 0.15) is 18.0 Å². The Bertz CT molecular complexity index is 1200. The first-order valence-corrected chi connectivity index (χ1v) is 11.2. The van der Waals surface area contributed by atoms with E-state index in [4.69, 9.17) is 31.5 Å². The average molecular weight is 515 g/mol. The summed E-state index contributed by atoms with van der Waals surface area (Å²) in [5, 5.41) is 13.8. The molecule has 2 aromatic heterocycles. The van der Waals surface area contributed by atoms with Crippen LogP contribution in [0, 0.1) is 0 Å². The number of aromatic nitrogens is 4. The number of para-hydroxylation sites is 1. The van der Waals surface area contributed by atoms with Crippen LogP contribution in [0.3, 0.4) is 0 Å². The molecule has 2 fully saturated rings. The third kappa shape index (κ3) is 4.44. The largest absolute Gasteiger partial charge is 0.468 e. The lowest BCUT2D eigenvalue weighted by Gasteiger charge is -2.32. The van der Waals surface area contributed by atoms with Crippen LogP contribution in [0.15, 0.2) is 36.7 Å². The van der Waals surface area contributed by atoms with E-state index in [1.165, 1.54) is 0 Å². The van der Waals surface area contributed by atoms with E-state index >= 15 is 0 Å². The van der Waals surface area contributed by atoms with Gasteiger partial charge in [0.05, 0.1) is 12.9 Å². The van der Waals surface area contributed by atoms with Crippen molar-refractivity contribution in [2.24, 2.45) is 0 Å². The van der Waals surface area contributed by atoms with Crippen LogP contribution in [0.1, 0.15) is 19.1 Å². The molecule has 35 heavy (non-hydrogen) atoms. The number of nitrogens with one attached hydrogen (secondary N) is 1. The third-order valence-corrected chi connectivity index (χ3v) is 6.45. The number of nitrogens with two attached hydrogens (primary N) is 1. The number of imidazole rings is 1. The molecule has 0 bridgehead atoms. The van der Waals surface area contributed by atoms with Crippen molar-refractivity contribution in [1.29, 1.82) is 0 Å². The second kappa shape index (κ2) is 8.97. The van der Waals surface area contributed by atoms with E-state index in [9.17, 15) is 18.3 Å². The molecular weight excluding hydrogens is 493 g/mol. The van der Waals surface area contributed by atoms with Gasteiger partial charge in [-0.3, -0.25) is 4.57 Å². The quantitative estimate of drug-likeness (QED) is 0.236. The lowest BCUT2D eigenvalue weighted by Crippen LogP contribution is -2.53. The number of nitrogen functional groups attached to an aromatic ring is 1. The lowest BCUT2D eigenvalue weighted by molar-refractivity contribution is -0.195. The van der Waals surface area contributed by atoms with Gasteiger partial charge < -0.3 is 30.4 Å². The van der Waals surface area contributed by atoms with Gasteiger partial charge in [0, 0.05) is 6.04 Å². The highest BCUT2D eigenvalue weighted by molar-refractivity contribution is 6.25. The summed E-state index contributed by atoms with van der Waals surface area (Å²) in [6, 6.07) is 8.88. The van der Waals surface area contributed by atoms with Crippen LogP contribution in [-0.2, 0) is 9.47 Å². The van der Waals surface area contributed by atoms with Crippen LogP contribution in [0.25, 0.3) is 11.2 Å². The maximum absolute atomic E-state index is 14.2. The molecule has 3 heterocycles. The number of fused-ring (bicyclic) bond motifs is 1. The molecule has 1 aliphatic heterocycles. The van der Waals surface area contributed by atoms with Gasteiger partial charge in [-0.2, -0.15) is 23.1 Å². The zero-order valence-electron chi connectivity index (χ0n) is 18.2. The molecule has 0 spiro atoms. The Hall–Kier alpha value is -2.87. The molecule has 0 amide bonds. The molecule has 0 radical (unpaired) electrons. The van der Waals surface area contributed by atoms with Gasteiger partial charge in [-0.05, 0) is 25.0 Å². The van der Waals surface area contributed by atoms with Gasteiger partial charge in [0.2, 0.25) is 10.8 Å². The monoisotopic (exact) mass is 514 g/mol. The van der Waals surface area contributed by atoms with E-state index in [0.717, 1.165) is 23.7 Å². The van der Waals surface area contributed by atoms with Gasteiger partial charge in [-0.15, -0.1) is 11.6 Å². The van der Waals surface area contributed by atoms with Crippen molar-refractivity contribution in [3.63, 3.8) is 0 Å². The summed E-state index contributed by atoms with van der Waals surface area (Å²) in [6.45, 7) is -0.677. The predicted octanol–water partition coefficient (Wildman–Crippen LogP) is 2.83. The Labute approximate surface area is 202 Å². The molecule has 5 rings (SSSR count). The smallest absolute Gasteiger partial charge is 0.414 e. The van der Waals surface area contributed by atoms with E-state index in [1.807, 2.05) is 0 Å². The number of benzene rings is 1. The summed E-state index contributed by atoms with van der Waals surface area (Å²) >= 11 is 6.11. The highest BCUT2D eigenvalue weighted by Crippen LogP contribution is 2.53. The predicted molar refractivity (Wildman–Crippen MR) is 119 cm³/mol. The molecule has 1 aliphatic carbocycles. The van der Waals surface area contributed by atoms with E-state index in [2.05, 4.69) is 20.3 Å². The number of ether oxygens (including phenoxy) is 3. The first-order chi connectivity index (χ1) is 16.7. The summed E-state index contributed by atoms with van der Waals surface area (Å²) in [5.41, 5.74) is 6.00. The molecule has 10 nitrogen and oxygen atoms in total. The Balaban J connectivity index is 1.40. The molecule has 1 saturated carbocycles. The molecule has 3 aromatic rings. The zero-order valence-corrected chi connectivity index (χ0v) is 18.9. The number of hydrogen-bond acceptors (Lipinski definition) is 9. The second-order valence-corrected chi connectivity index (χ2v) is 8.98. The number of aliphatic hydroxyl groups is 1. The Kier molecular flexibility index (Phi) is 6.11. The van der Waals surface area contributed by atoms with Crippen molar-refractivity contribution in [2.75, 3.05) is 24.5 Å². The fourth-order valence-corrected chi connectivity index (χ4v) is 4.18. The molecule has 1 aromatic carbocycles. The normalized spacial score (nSPS) is 26.8. The highest BCUT2D eigenvalue weighted by Gasteiger charge is 2.70. The first-order valence-electron chi connectivity index (χ1n) is 10.8. The van der Waals surface area contributed by atoms with Crippen molar-refractivity contribution in [3.8, 4) is 5.75 Å². The summed E-state index contributed by atoms with van der Waals surface area (Å²) in [7, 11) is 0. The van der Waals surface area contributed by atoms with Crippen LogP contribution in [0.5, 0.6) is 5.75 Å². The van der Waals surface area contributed by atoms with E-state index in [0.29, 0.717) is 11.6 Å². The molecule has 0 unspecified atom stereocenters. The van der Waals surface area contributed by atoms with Crippen LogP contribution in [-0.4, -0.2) is 67.3 Å². The number of aliphatic hydroxyl groups excluding tert-OH is 1. The molecular formula is C21H22ClF3N6O4. The van der Waals surface area contributed by atoms with Gasteiger partial charge >= 0.3 is 6.18 Å². The minimum atomic E-state index is -5.06.